The summed E-state index contributed by atoms with van der Waals surface area (Å²) in [6.07, 6.45) is 7.59. The molecule has 0 aromatic rings. The predicted molar refractivity (Wildman–Crippen MR) is 82.1 cm³/mol. The van der Waals surface area contributed by atoms with Crippen LogP contribution in [0.3, 0.4) is 0 Å². The number of hydrogen-bond acceptors (Lipinski definition) is 3. The highest BCUT2D eigenvalue weighted by atomic mass is 32.2. The zero-order valence-electron chi connectivity index (χ0n) is 12.5. The molecule has 1 N–H and O–H groups in total. The highest BCUT2D eigenvalue weighted by molar-refractivity contribution is 7.98. The van der Waals surface area contributed by atoms with Gasteiger partial charge in [-0.1, -0.05) is 26.7 Å². The van der Waals surface area contributed by atoms with Gasteiger partial charge in [0.25, 0.3) is 0 Å². The molecule has 0 saturated heterocycles. The zero-order chi connectivity index (χ0) is 13.1. The van der Waals surface area contributed by atoms with Crippen LogP contribution in [0.2, 0.25) is 0 Å². The molecule has 0 aromatic carbocycles. The maximum absolute atomic E-state index is 3.47. The van der Waals surface area contributed by atoms with Crippen LogP contribution >= 0.6 is 11.8 Å². The predicted octanol–water partition coefficient (Wildman–Crippen LogP) is 3.23. The molecule has 0 heterocycles. The van der Waals surface area contributed by atoms with Gasteiger partial charge in [-0.2, -0.15) is 11.8 Å². The van der Waals surface area contributed by atoms with Crippen LogP contribution in [0.4, 0.5) is 0 Å². The van der Waals surface area contributed by atoms with Gasteiger partial charge in [0.2, 0.25) is 0 Å². The SMILES string of the molecule is CSCC(C)N(C)CCCCCCNC(C)C. The Morgan fingerprint density at radius 1 is 1.06 bits per heavy atom. The summed E-state index contributed by atoms with van der Waals surface area (Å²) in [6.45, 7) is 9.17. The summed E-state index contributed by atoms with van der Waals surface area (Å²) >= 11 is 1.94. The lowest BCUT2D eigenvalue weighted by atomic mass is 10.1. The molecule has 0 aliphatic heterocycles. The van der Waals surface area contributed by atoms with E-state index in [1.807, 2.05) is 11.8 Å². The summed E-state index contributed by atoms with van der Waals surface area (Å²) in [5.41, 5.74) is 0. The molecule has 104 valence electrons. The third-order valence-corrected chi connectivity index (χ3v) is 3.97. The highest BCUT2D eigenvalue weighted by Crippen LogP contribution is 2.06. The van der Waals surface area contributed by atoms with Crippen molar-refractivity contribution in [3.63, 3.8) is 0 Å². The van der Waals surface area contributed by atoms with Crippen molar-refractivity contribution >= 4 is 11.8 Å². The topological polar surface area (TPSA) is 15.3 Å². The molecule has 17 heavy (non-hydrogen) atoms. The minimum Gasteiger partial charge on any atom is -0.315 e. The fraction of sp³-hybridized carbons (Fsp3) is 1.00. The largest absolute Gasteiger partial charge is 0.315 e. The maximum Gasteiger partial charge on any atom is 0.0154 e. The first-order valence-corrected chi connectivity index (χ1v) is 8.39. The Morgan fingerprint density at radius 3 is 2.29 bits per heavy atom. The monoisotopic (exact) mass is 260 g/mol. The Hall–Kier alpha value is 0.270. The molecule has 0 aliphatic carbocycles. The maximum atomic E-state index is 3.47. The normalized spacial score (nSPS) is 13.6. The lowest BCUT2D eigenvalue weighted by molar-refractivity contribution is 0.271. The van der Waals surface area contributed by atoms with Gasteiger partial charge >= 0.3 is 0 Å². The number of nitrogens with zero attached hydrogens (tertiary/aromatic N) is 1. The van der Waals surface area contributed by atoms with E-state index in [1.165, 1.54) is 44.5 Å². The van der Waals surface area contributed by atoms with E-state index < -0.39 is 0 Å². The Morgan fingerprint density at radius 2 is 1.71 bits per heavy atom. The summed E-state index contributed by atoms with van der Waals surface area (Å²) in [5, 5.41) is 3.47. The summed E-state index contributed by atoms with van der Waals surface area (Å²) in [4.78, 5) is 2.49. The van der Waals surface area contributed by atoms with Gasteiger partial charge in [0, 0.05) is 17.8 Å². The van der Waals surface area contributed by atoms with Crippen LogP contribution in [0.5, 0.6) is 0 Å². The highest BCUT2D eigenvalue weighted by Gasteiger charge is 2.06. The third-order valence-electron chi connectivity index (χ3n) is 3.15. The Kier molecular flexibility index (Phi) is 11.5. The van der Waals surface area contributed by atoms with E-state index in [4.69, 9.17) is 0 Å². The lowest BCUT2D eigenvalue weighted by Crippen LogP contribution is -2.31. The second kappa shape index (κ2) is 11.4. The van der Waals surface area contributed by atoms with E-state index in [1.54, 1.807) is 0 Å². The summed E-state index contributed by atoms with van der Waals surface area (Å²) in [5.74, 6) is 1.24. The van der Waals surface area contributed by atoms with Crippen LogP contribution in [0.25, 0.3) is 0 Å². The van der Waals surface area contributed by atoms with Crippen molar-refractivity contribution in [3.8, 4) is 0 Å². The van der Waals surface area contributed by atoms with Crippen molar-refractivity contribution in [2.75, 3.05) is 32.1 Å². The molecule has 0 saturated carbocycles. The van der Waals surface area contributed by atoms with Crippen LogP contribution in [0, 0.1) is 0 Å². The Bertz CT molecular complexity index is 162. The van der Waals surface area contributed by atoms with E-state index >= 15 is 0 Å². The fourth-order valence-electron chi connectivity index (χ4n) is 1.82. The molecule has 1 atom stereocenters. The molecule has 0 rings (SSSR count). The van der Waals surface area contributed by atoms with Gasteiger partial charge in [0.1, 0.15) is 0 Å². The van der Waals surface area contributed by atoms with Gasteiger partial charge < -0.3 is 10.2 Å². The zero-order valence-corrected chi connectivity index (χ0v) is 13.3. The van der Waals surface area contributed by atoms with E-state index in [-0.39, 0.29) is 0 Å². The van der Waals surface area contributed by atoms with Crippen LogP contribution in [-0.2, 0) is 0 Å². The minimum atomic E-state index is 0.633. The van der Waals surface area contributed by atoms with Crippen LogP contribution < -0.4 is 5.32 Å². The molecule has 3 heteroatoms. The molecule has 0 aromatic heterocycles. The van der Waals surface area contributed by atoms with Crippen molar-refractivity contribution in [1.29, 1.82) is 0 Å². The molecule has 2 nitrogen and oxygen atoms in total. The smallest absolute Gasteiger partial charge is 0.0154 e. The standard InChI is InChI=1S/C14H32N2S/c1-13(2)15-10-8-6-7-9-11-16(4)14(3)12-17-5/h13-15H,6-12H2,1-5H3. The van der Waals surface area contributed by atoms with Gasteiger partial charge in [0.15, 0.2) is 0 Å². The molecule has 0 fully saturated rings. The quantitative estimate of drug-likeness (QED) is 0.574. The number of thioether (sulfide) groups is 1. The average molecular weight is 260 g/mol. The van der Waals surface area contributed by atoms with Crippen LogP contribution in [0.15, 0.2) is 0 Å². The second-order valence-corrected chi connectivity index (χ2v) is 6.22. The molecule has 1 unspecified atom stereocenters. The van der Waals surface area contributed by atoms with Gasteiger partial charge in [-0.05, 0) is 46.2 Å². The van der Waals surface area contributed by atoms with Gasteiger partial charge in [-0.3, -0.25) is 0 Å². The van der Waals surface area contributed by atoms with E-state index in [0.29, 0.717) is 12.1 Å². The van der Waals surface area contributed by atoms with E-state index in [9.17, 15) is 0 Å². The molecular weight excluding hydrogens is 228 g/mol. The van der Waals surface area contributed by atoms with Crippen LogP contribution in [-0.4, -0.2) is 49.1 Å². The van der Waals surface area contributed by atoms with Gasteiger partial charge in [0.05, 0.1) is 0 Å². The third kappa shape index (κ3) is 11.1. The molecule has 0 spiro atoms. The van der Waals surface area contributed by atoms with Crippen molar-refractivity contribution in [2.24, 2.45) is 0 Å². The second-order valence-electron chi connectivity index (χ2n) is 5.31. The van der Waals surface area contributed by atoms with Gasteiger partial charge in [-0.25, -0.2) is 0 Å². The lowest BCUT2D eigenvalue weighted by Gasteiger charge is -2.23. The van der Waals surface area contributed by atoms with Crippen LogP contribution in [0.1, 0.15) is 46.5 Å². The average Bonchev–Trinajstić information content (AvgIpc) is 2.27. The summed E-state index contributed by atoms with van der Waals surface area (Å²) in [7, 11) is 2.25. The molecule has 0 aliphatic rings. The first-order chi connectivity index (χ1) is 8.07. The first-order valence-electron chi connectivity index (χ1n) is 7.00. The van der Waals surface area contributed by atoms with E-state index in [2.05, 4.69) is 44.3 Å². The van der Waals surface area contributed by atoms with E-state index in [0.717, 1.165) is 0 Å². The number of rotatable bonds is 11. The molecule has 0 bridgehead atoms. The van der Waals surface area contributed by atoms with Crippen molar-refractivity contribution in [2.45, 2.75) is 58.5 Å². The number of unbranched alkanes of at least 4 members (excludes halogenated alkanes) is 3. The molecular formula is C14H32N2S. The molecule has 0 amide bonds. The Labute approximate surface area is 113 Å². The summed E-state index contributed by atoms with van der Waals surface area (Å²) in [6, 6.07) is 1.35. The van der Waals surface area contributed by atoms with Crippen molar-refractivity contribution in [3.05, 3.63) is 0 Å². The molecule has 0 radical (unpaired) electrons. The number of hydrogen-bond donors (Lipinski definition) is 1. The van der Waals surface area contributed by atoms with Crippen molar-refractivity contribution in [1.82, 2.24) is 10.2 Å². The summed E-state index contributed by atoms with van der Waals surface area (Å²) < 4.78 is 0. The number of nitrogens with one attached hydrogen (secondary N) is 1. The Balaban J connectivity index is 3.27. The van der Waals surface area contributed by atoms with Crippen molar-refractivity contribution < 1.29 is 0 Å². The first kappa shape index (κ1) is 17.3. The fourth-order valence-corrected chi connectivity index (χ4v) is 2.56. The minimum absolute atomic E-state index is 0.633. The van der Waals surface area contributed by atoms with Gasteiger partial charge in [-0.15, -0.1) is 0 Å².